The van der Waals surface area contributed by atoms with E-state index in [2.05, 4.69) is 20.8 Å². The Bertz CT molecular complexity index is 654. The van der Waals surface area contributed by atoms with Gasteiger partial charge in [-0.3, -0.25) is 14.7 Å². The van der Waals surface area contributed by atoms with E-state index in [1.165, 1.54) is 18.2 Å². The summed E-state index contributed by atoms with van der Waals surface area (Å²) in [5.74, 6) is -1.32. The Hall–Kier alpha value is -2.70. The number of carbonyl (C=O) groups excluding carboxylic acids is 2. The molecule has 1 heterocycles. The van der Waals surface area contributed by atoms with Crippen LogP contribution in [-0.4, -0.2) is 28.6 Å². The first-order valence-corrected chi connectivity index (χ1v) is 6.47. The van der Waals surface area contributed by atoms with E-state index in [0.29, 0.717) is 5.82 Å². The minimum atomic E-state index is -0.639. The second-order valence-corrected chi connectivity index (χ2v) is 4.34. The van der Waals surface area contributed by atoms with Crippen LogP contribution in [0.25, 0.3) is 0 Å². The molecule has 110 valence electrons. The summed E-state index contributed by atoms with van der Waals surface area (Å²) in [6.07, 6.45) is 0.771. The zero-order valence-electron chi connectivity index (χ0n) is 11.4. The Morgan fingerprint density at radius 1 is 1.33 bits per heavy atom. The average Bonchev–Trinajstić information content (AvgIpc) is 2.93. The van der Waals surface area contributed by atoms with Crippen LogP contribution in [0, 0.1) is 5.82 Å². The van der Waals surface area contributed by atoms with Crippen LogP contribution >= 0.6 is 0 Å². The van der Waals surface area contributed by atoms with Crippen molar-refractivity contribution in [1.82, 2.24) is 15.5 Å². The fraction of sp³-hybridized carbons (Fsp3) is 0.214. The molecular formula is C14H15FN4O2. The Morgan fingerprint density at radius 2 is 2.10 bits per heavy atom. The summed E-state index contributed by atoms with van der Waals surface area (Å²) in [6, 6.07) is 7.28. The van der Waals surface area contributed by atoms with Crippen molar-refractivity contribution in [2.24, 2.45) is 0 Å². The number of amides is 2. The monoisotopic (exact) mass is 290 g/mol. The lowest BCUT2D eigenvalue weighted by atomic mass is 10.2. The number of aromatic amines is 1. The SMILES string of the molecule is CCc1cc(NC(=O)CNC(=O)c2ccccc2F)n[nH]1. The molecule has 0 aliphatic rings. The molecule has 7 heteroatoms. The number of carbonyl (C=O) groups is 2. The predicted molar refractivity (Wildman–Crippen MR) is 75.3 cm³/mol. The minimum absolute atomic E-state index is 0.0988. The average molecular weight is 290 g/mol. The quantitative estimate of drug-likeness (QED) is 0.779. The van der Waals surface area contributed by atoms with Gasteiger partial charge in [-0.25, -0.2) is 4.39 Å². The highest BCUT2D eigenvalue weighted by Gasteiger charge is 2.12. The molecule has 0 saturated carbocycles. The lowest BCUT2D eigenvalue weighted by Gasteiger charge is -2.05. The number of anilines is 1. The fourth-order valence-electron chi connectivity index (χ4n) is 1.69. The van der Waals surface area contributed by atoms with Gasteiger partial charge >= 0.3 is 0 Å². The summed E-state index contributed by atoms with van der Waals surface area (Å²) in [5.41, 5.74) is 0.791. The van der Waals surface area contributed by atoms with Crippen molar-refractivity contribution in [2.75, 3.05) is 11.9 Å². The molecule has 0 fully saturated rings. The third-order valence-corrected chi connectivity index (χ3v) is 2.81. The van der Waals surface area contributed by atoms with Gasteiger partial charge in [0.15, 0.2) is 5.82 Å². The Kier molecular flexibility index (Phi) is 4.65. The van der Waals surface area contributed by atoms with Crippen LogP contribution in [0.3, 0.4) is 0 Å². The van der Waals surface area contributed by atoms with Gasteiger partial charge in [0.05, 0.1) is 12.1 Å². The first-order chi connectivity index (χ1) is 10.1. The second-order valence-electron chi connectivity index (χ2n) is 4.34. The van der Waals surface area contributed by atoms with E-state index >= 15 is 0 Å². The Balaban J connectivity index is 1.86. The maximum absolute atomic E-state index is 13.4. The Morgan fingerprint density at radius 3 is 2.76 bits per heavy atom. The number of H-pyrrole nitrogens is 1. The van der Waals surface area contributed by atoms with Gasteiger partial charge in [-0.05, 0) is 18.6 Å². The van der Waals surface area contributed by atoms with Crippen molar-refractivity contribution >= 4 is 17.6 Å². The molecule has 0 bridgehead atoms. The summed E-state index contributed by atoms with van der Waals surface area (Å²) < 4.78 is 13.4. The standard InChI is InChI=1S/C14H15FN4O2/c1-2-9-7-12(19-18-9)17-13(20)8-16-14(21)10-5-3-4-6-11(10)15/h3-7H,2,8H2,1H3,(H,16,21)(H2,17,18,19,20). The maximum atomic E-state index is 13.4. The number of benzene rings is 1. The van der Waals surface area contributed by atoms with E-state index in [0.717, 1.165) is 12.1 Å². The van der Waals surface area contributed by atoms with Gasteiger partial charge in [0, 0.05) is 11.8 Å². The highest BCUT2D eigenvalue weighted by Crippen LogP contribution is 2.06. The third kappa shape index (κ3) is 3.88. The molecule has 0 unspecified atom stereocenters. The van der Waals surface area contributed by atoms with Gasteiger partial charge in [-0.15, -0.1) is 0 Å². The number of nitrogens with zero attached hydrogens (tertiary/aromatic N) is 1. The molecule has 2 aromatic rings. The normalized spacial score (nSPS) is 10.2. The molecule has 6 nitrogen and oxygen atoms in total. The maximum Gasteiger partial charge on any atom is 0.254 e. The number of rotatable bonds is 5. The highest BCUT2D eigenvalue weighted by atomic mass is 19.1. The molecule has 3 N–H and O–H groups in total. The van der Waals surface area contributed by atoms with Crippen LogP contribution in [0.5, 0.6) is 0 Å². The summed E-state index contributed by atoms with van der Waals surface area (Å²) in [7, 11) is 0. The molecule has 1 aromatic heterocycles. The van der Waals surface area contributed by atoms with Crippen molar-refractivity contribution in [3.63, 3.8) is 0 Å². The van der Waals surface area contributed by atoms with E-state index in [9.17, 15) is 14.0 Å². The van der Waals surface area contributed by atoms with Crippen LogP contribution in [0.2, 0.25) is 0 Å². The number of nitrogens with one attached hydrogen (secondary N) is 3. The van der Waals surface area contributed by atoms with Crippen LogP contribution in [0.15, 0.2) is 30.3 Å². The molecule has 0 aliphatic carbocycles. The third-order valence-electron chi connectivity index (χ3n) is 2.81. The zero-order valence-corrected chi connectivity index (χ0v) is 11.4. The summed E-state index contributed by atoms with van der Waals surface area (Å²) in [6.45, 7) is 1.69. The molecule has 2 rings (SSSR count). The smallest absolute Gasteiger partial charge is 0.254 e. The van der Waals surface area contributed by atoms with Crippen molar-refractivity contribution < 1.29 is 14.0 Å². The number of hydrogen-bond acceptors (Lipinski definition) is 3. The van der Waals surface area contributed by atoms with Gasteiger partial charge in [-0.2, -0.15) is 5.10 Å². The van der Waals surface area contributed by atoms with Gasteiger partial charge in [0.25, 0.3) is 5.91 Å². The van der Waals surface area contributed by atoms with Crippen molar-refractivity contribution in [1.29, 1.82) is 0 Å². The predicted octanol–water partition coefficient (Wildman–Crippen LogP) is 1.48. The van der Waals surface area contributed by atoms with Crippen LogP contribution < -0.4 is 10.6 Å². The lowest BCUT2D eigenvalue weighted by Crippen LogP contribution is -2.33. The van der Waals surface area contributed by atoms with Gasteiger partial charge in [0.1, 0.15) is 5.82 Å². The summed E-state index contributed by atoms with van der Waals surface area (Å²) in [5, 5.41) is 11.5. The summed E-state index contributed by atoms with van der Waals surface area (Å²) >= 11 is 0. The lowest BCUT2D eigenvalue weighted by molar-refractivity contribution is -0.115. The summed E-state index contributed by atoms with van der Waals surface area (Å²) in [4.78, 5) is 23.4. The molecular weight excluding hydrogens is 275 g/mol. The topological polar surface area (TPSA) is 86.9 Å². The minimum Gasteiger partial charge on any atom is -0.343 e. The van der Waals surface area contributed by atoms with E-state index < -0.39 is 17.6 Å². The second kappa shape index (κ2) is 6.65. The zero-order chi connectivity index (χ0) is 15.2. The molecule has 0 atom stereocenters. The number of hydrogen-bond donors (Lipinski definition) is 3. The van der Waals surface area contributed by atoms with Crippen molar-refractivity contribution in [3.05, 3.63) is 47.4 Å². The van der Waals surface area contributed by atoms with Crippen molar-refractivity contribution in [3.8, 4) is 0 Å². The molecule has 21 heavy (non-hydrogen) atoms. The fourth-order valence-corrected chi connectivity index (χ4v) is 1.69. The van der Waals surface area contributed by atoms with Crippen LogP contribution in [-0.2, 0) is 11.2 Å². The molecule has 0 spiro atoms. The van der Waals surface area contributed by atoms with E-state index in [-0.39, 0.29) is 12.1 Å². The first-order valence-electron chi connectivity index (χ1n) is 6.47. The van der Waals surface area contributed by atoms with Gasteiger partial charge in [-0.1, -0.05) is 19.1 Å². The number of aryl methyl sites for hydroxylation is 1. The molecule has 1 aromatic carbocycles. The molecule has 0 aliphatic heterocycles. The Labute approximate surface area is 120 Å². The van der Waals surface area contributed by atoms with Gasteiger partial charge < -0.3 is 10.6 Å². The van der Waals surface area contributed by atoms with E-state index in [4.69, 9.17) is 0 Å². The number of halogens is 1. The van der Waals surface area contributed by atoms with Crippen LogP contribution in [0.1, 0.15) is 23.0 Å². The first kappa shape index (κ1) is 14.7. The van der Waals surface area contributed by atoms with E-state index in [1.807, 2.05) is 6.92 Å². The van der Waals surface area contributed by atoms with Crippen molar-refractivity contribution in [2.45, 2.75) is 13.3 Å². The van der Waals surface area contributed by atoms with Gasteiger partial charge in [0.2, 0.25) is 5.91 Å². The molecule has 2 amide bonds. The van der Waals surface area contributed by atoms with Crippen LogP contribution in [0.4, 0.5) is 10.2 Å². The molecule has 0 saturated heterocycles. The molecule has 0 radical (unpaired) electrons. The number of aromatic nitrogens is 2. The largest absolute Gasteiger partial charge is 0.343 e. The van der Waals surface area contributed by atoms with E-state index in [1.54, 1.807) is 12.1 Å². The highest BCUT2D eigenvalue weighted by molar-refractivity contribution is 5.99.